The van der Waals surface area contributed by atoms with E-state index in [1.165, 1.54) is 19.2 Å². The van der Waals surface area contributed by atoms with Gasteiger partial charge in [-0.3, -0.25) is 14.9 Å². The number of rotatable bonds is 7. The van der Waals surface area contributed by atoms with Gasteiger partial charge in [-0.25, -0.2) is 0 Å². The molecule has 0 saturated heterocycles. The second-order valence-electron chi connectivity index (χ2n) is 7.02. The lowest BCUT2D eigenvalue weighted by molar-refractivity contribution is -0.385. The van der Waals surface area contributed by atoms with Crippen LogP contribution >= 0.6 is 0 Å². The van der Waals surface area contributed by atoms with Crippen molar-refractivity contribution in [3.8, 4) is 11.5 Å². The molecule has 0 radical (unpaired) electrons. The Morgan fingerprint density at radius 1 is 1.15 bits per heavy atom. The van der Waals surface area contributed by atoms with Crippen molar-refractivity contribution in [2.45, 2.75) is 32.9 Å². The highest BCUT2D eigenvalue weighted by molar-refractivity contribution is 5.78. The number of hydrogen-bond acceptors (Lipinski definition) is 5. The lowest BCUT2D eigenvalue weighted by atomic mass is 10.0. The predicted molar refractivity (Wildman–Crippen MR) is 102 cm³/mol. The molecular formula is C20H24N2O5. The Hall–Kier alpha value is -3.09. The molecule has 2 aromatic carbocycles. The molecule has 0 spiro atoms. The summed E-state index contributed by atoms with van der Waals surface area (Å²) in [6, 6.07) is 13.9. The molecule has 0 aliphatic heterocycles. The van der Waals surface area contributed by atoms with Gasteiger partial charge in [0, 0.05) is 12.1 Å². The van der Waals surface area contributed by atoms with Crippen molar-refractivity contribution in [3.05, 3.63) is 64.2 Å². The average Bonchev–Trinajstić information content (AvgIpc) is 2.63. The van der Waals surface area contributed by atoms with Crippen molar-refractivity contribution in [1.82, 2.24) is 4.90 Å². The monoisotopic (exact) mass is 372 g/mol. The molecule has 2 rings (SSSR count). The molecule has 0 atom stereocenters. The van der Waals surface area contributed by atoms with Gasteiger partial charge in [0.15, 0.2) is 12.4 Å². The number of benzene rings is 2. The van der Waals surface area contributed by atoms with Gasteiger partial charge in [0.25, 0.3) is 5.91 Å². The van der Waals surface area contributed by atoms with Crippen LogP contribution in [-0.4, -0.2) is 35.0 Å². The first kappa shape index (κ1) is 20.2. The highest BCUT2D eigenvalue weighted by atomic mass is 16.6. The van der Waals surface area contributed by atoms with E-state index in [0.29, 0.717) is 12.3 Å². The van der Waals surface area contributed by atoms with E-state index in [0.717, 1.165) is 5.56 Å². The van der Waals surface area contributed by atoms with Gasteiger partial charge in [0.2, 0.25) is 0 Å². The number of nitro groups is 1. The molecule has 7 heteroatoms. The third-order valence-corrected chi connectivity index (χ3v) is 4.01. The zero-order chi connectivity index (χ0) is 20.0. The summed E-state index contributed by atoms with van der Waals surface area (Å²) in [6.07, 6.45) is 0. The second-order valence-corrected chi connectivity index (χ2v) is 7.02. The van der Waals surface area contributed by atoms with E-state index in [4.69, 9.17) is 9.47 Å². The standard InChI is InChI=1S/C20H24N2O5/c1-20(2,3)21(13-15-8-6-5-7-9-15)19(23)14-27-18-11-10-16(26-4)12-17(18)22(24)25/h5-12H,13-14H2,1-4H3. The Kier molecular flexibility index (Phi) is 6.39. The molecule has 1 amide bonds. The predicted octanol–water partition coefficient (Wildman–Crippen LogP) is 3.81. The van der Waals surface area contributed by atoms with Crippen LogP contribution in [-0.2, 0) is 11.3 Å². The SMILES string of the molecule is COc1ccc(OCC(=O)N(Cc2ccccc2)C(C)(C)C)c([N+](=O)[O-])c1. The Morgan fingerprint density at radius 3 is 2.37 bits per heavy atom. The maximum atomic E-state index is 12.8. The molecule has 7 nitrogen and oxygen atoms in total. The Bertz CT molecular complexity index is 800. The van der Waals surface area contributed by atoms with Gasteiger partial charge in [-0.15, -0.1) is 0 Å². The van der Waals surface area contributed by atoms with Gasteiger partial charge in [-0.2, -0.15) is 0 Å². The molecule has 0 bridgehead atoms. The average molecular weight is 372 g/mol. The minimum Gasteiger partial charge on any atom is -0.496 e. The lowest BCUT2D eigenvalue weighted by Gasteiger charge is -2.35. The third kappa shape index (κ3) is 5.44. The topological polar surface area (TPSA) is 81.9 Å². The minimum absolute atomic E-state index is 0.0303. The van der Waals surface area contributed by atoms with Gasteiger partial charge in [0.05, 0.1) is 18.1 Å². The molecule has 0 aliphatic carbocycles. The van der Waals surface area contributed by atoms with Crippen LogP contribution in [0.3, 0.4) is 0 Å². The molecule has 144 valence electrons. The quantitative estimate of drug-likeness (QED) is 0.545. The molecule has 0 N–H and O–H groups in total. The van der Waals surface area contributed by atoms with Crippen LogP contribution in [0, 0.1) is 10.1 Å². The zero-order valence-corrected chi connectivity index (χ0v) is 16.0. The Morgan fingerprint density at radius 2 is 1.81 bits per heavy atom. The maximum absolute atomic E-state index is 12.8. The van der Waals surface area contributed by atoms with Crippen LogP contribution in [0.15, 0.2) is 48.5 Å². The van der Waals surface area contributed by atoms with Crippen molar-refractivity contribution in [2.75, 3.05) is 13.7 Å². The molecule has 0 unspecified atom stereocenters. The normalized spacial score (nSPS) is 11.0. The van der Waals surface area contributed by atoms with Crippen LogP contribution in [0.4, 0.5) is 5.69 Å². The summed E-state index contributed by atoms with van der Waals surface area (Å²) in [7, 11) is 1.42. The highest BCUT2D eigenvalue weighted by Gasteiger charge is 2.27. The number of carbonyl (C=O) groups is 1. The fourth-order valence-electron chi connectivity index (χ4n) is 2.57. The number of nitrogens with zero attached hydrogens (tertiary/aromatic N) is 2. The molecule has 0 fully saturated rings. The van der Waals surface area contributed by atoms with Gasteiger partial charge < -0.3 is 14.4 Å². The first-order valence-corrected chi connectivity index (χ1v) is 8.52. The Balaban J connectivity index is 2.15. The molecule has 27 heavy (non-hydrogen) atoms. The highest BCUT2D eigenvalue weighted by Crippen LogP contribution is 2.31. The number of carbonyl (C=O) groups excluding carboxylic acids is 1. The van der Waals surface area contributed by atoms with Crippen LogP contribution in [0.5, 0.6) is 11.5 Å². The van der Waals surface area contributed by atoms with E-state index < -0.39 is 10.5 Å². The molecule has 0 aliphatic rings. The van der Waals surface area contributed by atoms with Crippen LogP contribution in [0.2, 0.25) is 0 Å². The van der Waals surface area contributed by atoms with Crippen molar-refractivity contribution < 1.29 is 19.2 Å². The minimum atomic E-state index is -0.562. The zero-order valence-electron chi connectivity index (χ0n) is 16.0. The smallest absolute Gasteiger partial charge is 0.314 e. The first-order chi connectivity index (χ1) is 12.7. The van der Waals surface area contributed by atoms with Gasteiger partial charge >= 0.3 is 5.69 Å². The fraction of sp³-hybridized carbons (Fsp3) is 0.350. The van der Waals surface area contributed by atoms with Crippen molar-refractivity contribution >= 4 is 11.6 Å². The molecule has 0 heterocycles. The third-order valence-electron chi connectivity index (χ3n) is 4.01. The maximum Gasteiger partial charge on any atom is 0.314 e. The van der Waals surface area contributed by atoms with E-state index in [9.17, 15) is 14.9 Å². The van der Waals surface area contributed by atoms with Crippen molar-refractivity contribution in [2.24, 2.45) is 0 Å². The lowest BCUT2D eigenvalue weighted by Crippen LogP contribution is -2.47. The summed E-state index contributed by atoms with van der Waals surface area (Å²) >= 11 is 0. The number of nitro benzene ring substituents is 1. The number of methoxy groups -OCH3 is 1. The molecule has 0 saturated carbocycles. The molecule has 2 aromatic rings. The van der Waals surface area contributed by atoms with E-state index in [-0.39, 0.29) is 24.0 Å². The van der Waals surface area contributed by atoms with Gasteiger partial charge in [0.1, 0.15) is 5.75 Å². The summed E-state index contributed by atoms with van der Waals surface area (Å²) in [6.45, 7) is 5.94. The summed E-state index contributed by atoms with van der Waals surface area (Å²) < 4.78 is 10.5. The number of amides is 1. The summed E-state index contributed by atoms with van der Waals surface area (Å²) in [5, 5.41) is 11.2. The molecule has 0 aromatic heterocycles. The van der Waals surface area contributed by atoms with E-state index in [2.05, 4.69) is 0 Å². The van der Waals surface area contributed by atoms with Crippen LogP contribution in [0.25, 0.3) is 0 Å². The summed E-state index contributed by atoms with van der Waals surface area (Å²) in [4.78, 5) is 25.2. The van der Waals surface area contributed by atoms with Gasteiger partial charge in [-0.1, -0.05) is 30.3 Å². The van der Waals surface area contributed by atoms with Crippen molar-refractivity contribution in [1.29, 1.82) is 0 Å². The summed E-state index contributed by atoms with van der Waals surface area (Å²) in [5.41, 5.74) is 0.325. The van der Waals surface area contributed by atoms with E-state index in [1.54, 1.807) is 11.0 Å². The second kappa shape index (κ2) is 8.53. The van der Waals surface area contributed by atoms with Crippen LogP contribution in [0.1, 0.15) is 26.3 Å². The largest absolute Gasteiger partial charge is 0.496 e. The molecular weight excluding hydrogens is 348 g/mol. The number of hydrogen-bond donors (Lipinski definition) is 0. The van der Waals surface area contributed by atoms with Crippen LogP contribution < -0.4 is 9.47 Å². The van der Waals surface area contributed by atoms with E-state index >= 15 is 0 Å². The fourth-order valence-corrected chi connectivity index (χ4v) is 2.57. The number of ether oxygens (including phenoxy) is 2. The van der Waals surface area contributed by atoms with Crippen molar-refractivity contribution in [3.63, 3.8) is 0 Å². The Labute approximate surface area is 158 Å². The van der Waals surface area contributed by atoms with Gasteiger partial charge in [-0.05, 0) is 38.5 Å². The first-order valence-electron chi connectivity index (χ1n) is 8.52. The van der Waals surface area contributed by atoms with E-state index in [1.807, 2.05) is 51.1 Å². The summed E-state index contributed by atoms with van der Waals surface area (Å²) in [5.74, 6) is 0.125.